The third-order valence-electron chi connectivity index (χ3n) is 11.9. The molecule has 0 aromatic heterocycles. The zero-order valence-corrected chi connectivity index (χ0v) is 36.0. The lowest BCUT2D eigenvalue weighted by molar-refractivity contribution is -0.384. The van der Waals surface area contributed by atoms with Gasteiger partial charge in [-0.25, -0.2) is 8.42 Å². The summed E-state index contributed by atoms with van der Waals surface area (Å²) in [6.07, 6.45) is 9.58. The number of carbonyl (C=O) groups is 1. The third kappa shape index (κ3) is 9.95. The predicted octanol–water partition coefficient (Wildman–Crippen LogP) is 7.27. The van der Waals surface area contributed by atoms with Crippen molar-refractivity contribution in [3.8, 4) is 11.5 Å². The molecule has 1 amide bonds. The molecule has 62 heavy (non-hydrogen) atoms. The van der Waals surface area contributed by atoms with Crippen molar-refractivity contribution in [3.05, 3.63) is 125 Å². The van der Waals surface area contributed by atoms with Gasteiger partial charge in [-0.1, -0.05) is 42.8 Å². The lowest BCUT2D eigenvalue weighted by Crippen LogP contribution is -2.69. The topological polar surface area (TPSA) is 199 Å². The second kappa shape index (κ2) is 20.7. The van der Waals surface area contributed by atoms with Crippen LogP contribution < -0.4 is 14.8 Å². The molecule has 6 atom stereocenters. The Kier molecular flexibility index (Phi) is 15.4. The Balaban J connectivity index is 1.56. The molecule has 0 spiro atoms. The summed E-state index contributed by atoms with van der Waals surface area (Å²) in [5.74, 6) is -1.91. The van der Waals surface area contributed by atoms with Gasteiger partial charge < -0.3 is 34.6 Å². The Bertz CT molecular complexity index is 2250. The first kappa shape index (κ1) is 46.1. The van der Waals surface area contributed by atoms with Crippen molar-refractivity contribution in [2.45, 2.75) is 81.1 Å². The molecule has 15 nitrogen and oxygen atoms in total. The highest BCUT2D eigenvalue weighted by molar-refractivity contribution is 7.89. The smallest absolute Gasteiger partial charge is 0.269 e. The molecule has 1 aliphatic heterocycles. The molecule has 3 aliphatic rings. The van der Waals surface area contributed by atoms with Gasteiger partial charge in [-0.05, 0) is 103 Å². The quantitative estimate of drug-likeness (QED) is 0.0397. The fraction of sp³-hybridized carbons (Fsp3) is 0.435. The number of nitrogens with zero attached hydrogens (tertiary/aromatic N) is 3. The van der Waals surface area contributed by atoms with E-state index in [9.17, 15) is 33.5 Å². The van der Waals surface area contributed by atoms with E-state index in [1.165, 1.54) is 54.7 Å². The van der Waals surface area contributed by atoms with Gasteiger partial charge in [0, 0.05) is 62.9 Å². The molecule has 1 saturated carbocycles. The van der Waals surface area contributed by atoms with Crippen LogP contribution in [0.3, 0.4) is 0 Å². The summed E-state index contributed by atoms with van der Waals surface area (Å²) in [5.41, 5.74) is 3.13. The number of aliphatic hydroxyl groups is 2. The zero-order valence-electron chi connectivity index (χ0n) is 35.2. The van der Waals surface area contributed by atoms with E-state index in [0.29, 0.717) is 47.7 Å². The number of anilines is 1. The molecule has 16 heteroatoms. The largest absolute Gasteiger partial charge is 0.490 e. The molecule has 1 heterocycles. The second-order valence-electron chi connectivity index (χ2n) is 15.8. The average molecular weight is 873 g/mol. The molecule has 0 radical (unpaired) electrons. The van der Waals surface area contributed by atoms with Crippen molar-refractivity contribution in [2.75, 3.05) is 38.8 Å². The number of likely N-dealkylation sites (N-methyl/N-ethyl adjacent to an activating group) is 1. The molecule has 3 N–H and O–H groups in total. The Morgan fingerprint density at radius 2 is 1.71 bits per heavy atom. The van der Waals surface area contributed by atoms with E-state index in [1.54, 1.807) is 30.4 Å². The minimum atomic E-state index is -4.29. The second-order valence-corrected chi connectivity index (χ2v) is 17.8. The average Bonchev–Trinajstić information content (AvgIpc) is 3.26. The number of nitrogens with one attached hydrogen (secondary N) is 1. The SMILES string of the molecule is C=CCOc1ccc2c(c1)C1C(CCCCO)C(CCCCO)C=C3C(=NOCc4ccc([N+](=O)[O-])cc4)CC(N(C)S(=O)(=O)c4ccc(NC(C)=O)cc4)C(OCC=C)(O2)C31. The molecule has 1 fully saturated rings. The van der Waals surface area contributed by atoms with Crippen LogP contribution in [0.25, 0.3) is 0 Å². The lowest BCUT2D eigenvalue weighted by Gasteiger charge is -2.59. The van der Waals surface area contributed by atoms with Gasteiger partial charge in [-0.2, -0.15) is 4.31 Å². The lowest BCUT2D eigenvalue weighted by atomic mass is 9.55. The van der Waals surface area contributed by atoms with E-state index < -0.39 is 32.7 Å². The van der Waals surface area contributed by atoms with Crippen LogP contribution >= 0.6 is 0 Å². The number of aliphatic hydroxyl groups excluding tert-OH is 2. The Labute approximate surface area is 362 Å². The summed E-state index contributed by atoms with van der Waals surface area (Å²) in [6, 6.07) is 16.4. The fourth-order valence-corrected chi connectivity index (χ4v) is 10.5. The van der Waals surface area contributed by atoms with Crippen molar-refractivity contribution in [1.82, 2.24) is 4.31 Å². The molecule has 332 valence electrons. The van der Waals surface area contributed by atoms with Crippen LogP contribution in [-0.2, 0) is 31.0 Å². The highest BCUT2D eigenvalue weighted by atomic mass is 32.2. The molecular weight excluding hydrogens is 817 g/mol. The number of unbranched alkanes of at least 4 members (excludes halogenated alkanes) is 2. The number of nitro benzene ring substituents is 1. The van der Waals surface area contributed by atoms with Crippen LogP contribution in [0.2, 0.25) is 0 Å². The summed E-state index contributed by atoms with van der Waals surface area (Å²) in [7, 11) is -2.80. The number of rotatable bonds is 22. The Morgan fingerprint density at radius 1 is 1.02 bits per heavy atom. The molecular formula is C46H56N4O11S. The number of amides is 1. The maximum Gasteiger partial charge on any atom is 0.269 e. The van der Waals surface area contributed by atoms with E-state index in [1.807, 2.05) is 12.1 Å². The maximum absolute atomic E-state index is 14.8. The van der Waals surface area contributed by atoms with E-state index in [0.717, 1.165) is 30.4 Å². The van der Waals surface area contributed by atoms with Crippen LogP contribution in [0.1, 0.15) is 68.9 Å². The summed E-state index contributed by atoms with van der Waals surface area (Å²) in [4.78, 5) is 28.6. The predicted molar refractivity (Wildman–Crippen MR) is 234 cm³/mol. The first-order chi connectivity index (χ1) is 29.9. The number of benzene rings is 3. The van der Waals surface area contributed by atoms with Gasteiger partial charge in [0.2, 0.25) is 21.7 Å². The molecule has 6 unspecified atom stereocenters. The highest BCUT2D eigenvalue weighted by Gasteiger charge is 2.65. The van der Waals surface area contributed by atoms with E-state index in [2.05, 4.69) is 24.6 Å². The Morgan fingerprint density at radius 3 is 2.35 bits per heavy atom. The standard InChI is InChI=1S/C46H56N4O11S/c1-5-25-58-36-19-22-42-40(28-36)44-38(12-8-10-24-52)33(11-7-9-23-51)27-39-41(48-60-30-32-13-17-35(18-14-32)50(54)55)29-43(46(61-42,45(39)44)59-26-6-2)49(4)62(56,57)37-20-15-34(16-21-37)47-31(3)53/h5-6,13-22,27-28,33,38,43-45,51-52H,1-2,7-12,23-26,29-30H2,3-4H3,(H,47,53). The van der Waals surface area contributed by atoms with Crippen molar-refractivity contribution < 1.29 is 47.4 Å². The Hall–Kier alpha value is -5.39. The van der Waals surface area contributed by atoms with Gasteiger partial charge in [0.05, 0.1) is 34.1 Å². The third-order valence-corrected chi connectivity index (χ3v) is 13.7. The number of hydrogen-bond acceptors (Lipinski definition) is 12. The molecule has 0 saturated heterocycles. The van der Waals surface area contributed by atoms with E-state index in [-0.39, 0.29) is 73.7 Å². The zero-order chi connectivity index (χ0) is 44.4. The normalized spacial score (nSPS) is 23.3. The fourth-order valence-electron chi connectivity index (χ4n) is 9.09. The summed E-state index contributed by atoms with van der Waals surface area (Å²) < 4.78 is 51.0. The summed E-state index contributed by atoms with van der Waals surface area (Å²) >= 11 is 0. The van der Waals surface area contributed by atoms with Crippen LogP contribution in [0.4, 0.5) is 11.4 Å². The monoisotopic (exact) mass is 872 g/mol. The molecule has 0 bridgehead atoms. The number of nitro groups is 1. The maximum atomic E-state index is 14.8. The van der Waals surface area contributed by atoms with Gasteiger partial charge in [0.25, 0.3) is 5.69 Å². The number of fused-ring (bicyclic) bond motifs is 2. The molecule has 2 aliphatic carbocycles. The van der Waals surface area contributed by atoms with Gasteiger partial charge in [-0.3, -0.25) is 14.9 Å². The van der Waals surface area contributed by atoms with Gasteiger partial charge in [0.1, 0.15) is 24.7 Å². The van der Waals surface area contributed by atoms with Crippen molar-refractivity contribution in [2.24, 2.45) is 22.9 Å². The molecule has 3 aromatic carbocycles. The van der Waals surface area contributed by atoms with Crippen molar-refractivity contribution in [1.29, 1.82) is 0 Å². The number of ether oxygens (including phenoxy) is 3. The number of oxime groups is 1. The minimum Gasteiger partial charge on any atom is -0.490 e. The number of carbonyl (C=O) groups excluding carboxylic acids is 1. The van der Waals surface area contributed by atoms with Crippen molar-refractivity contribution >= 4 is 33.0 Å². The van der Waals surface area contributed by atoms with Crippen LogP contribution in [0.5, 0.6) is 11.5 Å². The summed E-state index contributed by atoms with van der Waals surface area (Å²) in [6.45, 7) is 9.46. The van der Waals surface area contributed by atoms with Gasteiger partial charge in [0.15, 0.2) is 0 Å². The van der Waals surface area contributed by atoms with Crippen LogP contribution in [-0.4, -0.2) is 84.8 Å². The number of hydrogen-bond donors (Lipinski definition) is 3. The van der Waals surface area contributed by atoms with Crippen LogP contribution in [0, 0.1) is 27.9 Å². The van der Waals surface area contributed by atoms with Gasteiger partial charge in [-0.15, -0.1) is 6.58 Å². The number of sulfonamides is 1. The molecule has 6 rings (SSSR count). The summed E-state index contributed by atoms with van der Waals surface area (Å²) in [5, 5.41) is 38.5. The van der Waals surface area contributed by atoms with Crippen molar-refractivity contribution in [3.63, 3.8) is 0 Å². The number of non-ortho nitro benzene ring substituents is 1. The highest BCUT2D eigenvalue weighted by Crippen LogP contribution is 2.62. The molecule has 3 aromatic rings. The minimum absolute atomic E-state index is 0.000561. The number of allylic oxidation sites excluding steroid dienone is 1. The van der Waals surface area contributed by atoms with Gasteiger partial charge >= 0.3 is 0 Å². The van der Waals surface area contributed by atoms with E-state index in [4.69, 9.17) is 24.2 Å². The van der Waals surface area contributed by atoms with E-state index >= 15 is 0 Å². The first-order valence-corrected chi connectivity index (χ1v) is 22.4. The van der Waals surface area contributed by atoms with Crippen LogP contribution in [0.15, 0.2) is 114 Å². The first-order valence-electron chi connectivity index (χ1n) is 20.9.